The van der Waals surface area contributed by atoms with Gasteiger partial charge in [-0.05, 0) is 55.9 Å². The molecule has 1 nitrogen and oxygen atoms in total. The van der Waals surface area contributed by atoms with Crippen LogP contribution in [0.3, 0.4) is 0 Å². The van der Waals surface area contributed by atoms with Gasteiger partial charge in [0.1, 0.15) is 0 Å². The van der Waals surface area contributed by atoms with E-state index in [4.69, 9.17) is 5.73 Å². The number of allylic oxidation sites excluding steroid dienone is 3. The van der Waals surface area contributed by atoms with Crippen molar-refractivity contribution in [3.63, 3.8) is 0 Å². The van der Waals surface area contributed by atoms with Crippen LogP contribution in [-0.2, 0) is 6.42 Å². The van der Waals surface area contributed by atoms with E-state index in [0.717, 1.165) is 12.1 Å². The summed E-state index contributed by atoms with van der Waals surface area (Å²) < 4.78 is 0. The Morgan fingerprint density at radius 3 is 2.39 bits per heavy atom. The molecule has 2 atom stereocenters. The molecule has 2 aromatic rings. The predicted octanol–water partition coefficient (Wildman–Crippen LogP) is 5.67. The number of aryl methyl sites for hydroxylation is 1. The van der Waals surface area contributed by atoms with Crippen molar-refractivity contribution in [2.45, 2.75) is 33.1 Å². The maximum atomic E-state index is 6.32. The number of hydrogen-bond acceptors (Lipinski definition) is 1. The number of nitrogen functional groups attached to an aromatic ring is 1. The summed E-state index contributed by atoms with van der Waals surface area (Å²) in [6, 6.07) is 16.8. The van der Waals surface area contributed by atoms with Crippen molar-refractivity contribution < 1.29 is 0 Å². The van der Waals surface area contributed by atoms with E-state index in [-0.39, 0.29) is 5.92 Å². The van der Waals surface area contributed by atoms with Gasteiger partial charge in [-0.25, -0.2) is 0 Å². The topological polar surface area (TPSA) is 26.0 Å². The van der Waals surface area contributed by atoms with Gasteiger partial charge in [0, 0.05) is 11.6 Å². The van der Waals surface area contributed by atoms with Gasteiger partial charge in [0.25, 0.3) is 0 Å². The van der Waals surface area contributed by atoms with Gasteiger partial charge in [-0.2, -0.15) is 0 Å². The van der Waals surface area contributed by atoms with Crippen molar-refractivity contribution in [2.75, 3.05) is 5.73 Å². The Kier molecular flexibility index (Phi) is 5.81. The average Bonchev–Trinajstić information content (AvgIpc) is 2.52. The van der Waals surface area contributed by atoms with Crippen molar-refractivity contribution in [3.05, 3.63) is 89.5 Å². The SMILES string of the molecule is C=C(C)C(Cc1ccccc1)C(/C=C\C)c1c(C)cccc1N. The van der Waals surface area contributed by atoms with Crippen LogP contribution in [0.1, 0.15) is 36.5 Å². The van der Waals surface area contributed by atoms with Crippen LogP contribution in [0, 0.1) is 12.8 Å². The molecule has 0 aliphatic carbocycles. The van der Waals surface area contributed by atoms with Gasteiger partial charge in [0.15, 0.2) is 0 Å². The normalized spacial score (nSPS) is 13.9. The van der Waals surface area contributed by atoms with Gasteiger partial charge in [-0.15, -0.1) is 0 Å². The zero-order chi connectivity index (χ0) is 16.8. The molecule has 1 heteroatoms. The summed E-state index contributed by atoms with van der Waals surface area (Å²) in [6.45, 7) is 10.6. The fourth-order valence-corrected chi connectivity index (χ4v) is 3.27. The summed E-state index contributed by atoms with van der Waals surface area (Å²) in [5.41, 5.74) is 12.2. The fraction of sp³-hybridized carbons (Fsp3) is 0.273. The molecule has 23 heavy (non-hydrogen) atoms. The molecule has 0 saturated carbocycles. The monoisotopic (exact) mass is 305 g/mol. The zero-order valence-corrected chi connectivity index (χ0v) is 14.4. The van der Waals surface area contributed by atoms with E-state index < -0.39 is 0 Å². The smallest absolute Gasteiger partial charge is 0.0355 e. The lowest BCUT2D eigenvalue weighted by Crippen LogP contribution is -2.17. The zero-order valence-electron chi connectivity index (χ0n) is 14.4. The van der Waals surface area contributed by atoms with Crippen LogP contribution in [0.4, 0.5) is 5.69 Å². The number of rotatable bonds is 6. The van der Waals surface area contributed by atoms with Gasteiger partial charge in [-0.1, -0.05) is 66.8 Å². The van der Waals surface area contributed by atoms with Crippen LogP contribution >= 0.6 is 0 Å². The highest BCUT2D eigenvalue weighted by atomic mass is 14.6. The molecular weight excluding hydrogens is 278 g/mol. The summed E-state index contributed by atoms with van der Waals surface area (Å²) in [6.07, 6.45) is 5.36. The average molecular weight is 305 g/mol. The second kappa shape index (κ2) is 7.82. The lowest BCUT2D eigenvalue weighted by molar-refractivity contribution is 0.548. The lowest BCUT2D eigenvalue weighted by atomic mass is 9.76. The number of anilines is 1. The van der Waals surface area contributed by atoms with E-state index in [1.54, 1.807) is 0 Å². The molecule has 0 saturated heterocycles. The highest BCUT2D eigenvalue weighted by Gasteiger charge is 2.25. The van der Waals surface area contributed by atoms with Crippen LogP contribution in [0.5, 0.6) is 0 Å². The molecule has 2 N–H and O–H groups in total. The van der Waals surface area contributed by atoms with E-state index in [1.807, 2.05) is 12.1 Å². The van der Waals surface area contributed by atoms with Crippen molar-refractivity contribution in [3.8, 4) is 0 Å². The standard InChI is InChI=1S/C22H27N/c1-5-10-19(22-17(4)11-9-14-21(22)23)20(16(2)3)15-18-12-7-6-8-13-18/h5-14,19-20H,2,15,23H2,1,3-4H3/b10-5-. The van der Waals surface area contributed by atoms with Crippen LogP contribution in [-0.4, -0.2) is 0 Å². The van der Waals surface area contributed by atoms with Crippen LogP contribution in [0.25, 0.3) is 0 Å². The van der Waals surface area contributed by atoms with Gasteiger partial charge in [0.05, 0.1) is 0 Å². The molecule has 120 valence electrons. The first kappa shape index (κ1) is 17.1. The minimum absolute atomic E-state index is 0.249. The molecule has 2 aromatic carbocycles. The number of nitrogens with two attached hydrogens (primary N) is 1. The molecule has 0 aliphatic heterocycles. The summed E-state index contributed by atoms with van der Waals surface area (Å²) in [4.78, 5) is 0. The third kappa shape index (κ3) is 4.13. The molecule has 2 rings (SSSR count). The number of hydrogen-bond donors (Lipinski definition) is 1. The van der Waals surface area contributed by atoms with E-state index in [9.17, 15) is 0 Å². The largest absolute Gasteiger partial charge is 0.398 e. The summed E-state index contributed by atoms with van der Waals surface area (Å²) in [5, 5.41) is 0. The molecule has 0 aliphatic rings. The minimum atomic E-state index is 0.249. The molecule has 2 unspecified atom stereocenters. The Morgan fingerprint density at radius 2 is 1.83 bits per heavy atom. The second-order valence-corrected chi connectivity index (χ2v) is 6.27. The lowest BCUT2D eigenvalue weighted by Gasteiger charge is -2.28. The van der Waals surface area contributed by atoms with Crippen molar-refractivity contribution in [1.29, 1.82) is 0 Å². The third-order valence-electron chi connectivity index (χ3n) is 4.46. The van der Waals surface area contributed by atoms with E-state index in [1.165, 1.54) is 22.3 Å². The summed E-state index contributed by atoms with van der Waals surface area (Å²) in [5.74, 6) is 0.580. The van der Waals surface area contributed by atoms with Crippen LogP contribution in [0.2, 0.25) is 0 Å². The first-order chi connectivity index (χ1) is 11.0. The maximum absolute atomic E-state index is 6.32. The Balaban J connectivity index is 2.46. The van der Waals surface area contributed by atoms with Gasteiger partial charge in [-0.3, -0.25) is 0 Å². The van der Waals surface area contributed by atoms with Crippen LogP contribution < -0.4 is 5.73 Å². The Labute approximate surface area is 140 Å². The molecule has 0 amide bonds. The summed E-state index contributed by atoms with van der Waals surface area (Å²) >= 11 is 0. The second-order valence-electron chi connectivity index (χ2n) is 6.27. The van der Waals surface area contributed by atoms with Gasteiger partial charge < -0.3 is 5.73 Å². The third-order valence-corrected chi connectivity index (χ3v) is 4.46. The Morgan fingerprint density at radius 1 is 1.13 bits per heavy atom. The molecule has 0 radical (unpaired) electrons. The first-order valence-electron chi connectivity index (χ1n) is 8.21. The number of benzene rings is 2. The Hall–Kier alpha value is -2.28. The van der Waals surface area contributed by atoms with E-state index in [0.29, 0.717) is 5.92 Å². The highest BCUT2D eigenvalue weighted by molar-refractivity contribution is 5.54. The van der Waals surface area contributed by atoms with Crippen molar-refractivity contribution in [1.82, 2.24) is 0 Å². The summed E-state index contributed by atoms with van der Waals surface area (Å²) in [7, 11) is 0. The maximum Gasteiger partial charge on any atom is 0.0355 e. The first-order valence-corrected chi connectivity index (χ1v) is 8.21. The molecular formula is C22H27N. The molecule has 0 aromatic heterocycles. The van der Waals surface area contributed by atoms with E-state index in [2.05, 4.69) is 75.9 Å². The quantitative estimate of drug-likeness (QED) is 0.540. The molecule has 0 heterocycles. The Bertz CT molecular complexity index is 662. The molecule has 0 fully saturated rings. The minimum Gasteiger partial charge on any atom is -0.398 e. The predicted molar refractivity (Wildman–Crippen MR) is 102 cm³/mol. The molecule has 0 spiro atoms. The van der Waals surface area contributed by atoms with Gasteiger partial charge in [0.2, 0.25) is 0 Å². The molecule has 0 bridgehead atoms. The van der Waals surface area contributed by atoms with Gasteiger partial charge >= 0.3 is 0 Å². The van der Waals surface area contributed by atoms with Crippen molar-refractivity contribution in [2.24, 2.45) is 5.92 Å². The van der Waals surface area contributed by atoms with E-state index >= 15 is 0 Å². The van der Waals surface area contributed by atoms with Crippen LogP contribution in [0.15, 0.2) is 72.8 Å². The highest BCUT2D eigenvalue weighted by Crippen LogP contribution is 2.38. The van der Waals surface area contributed by atoms with Crippen molar-refractivity contribution >= 4 is 5.69 Å². The fourth-order valence-electron chi connectivity index (χ4n) is 3.27.